The average molecular weight is 391 g/mol. The van der Waals surface area contributed by atoms with Crippen LogP contribution in [0.25, 0.3) is 0 Å². The number of anilines is 1. The fourth-order valence-electron chi connectivity index (χ4n) is 3.12. The van der Waals surface area contributed by atoms with Gasteiger partial charge in [-0.15, -0.1) is 0 Å². The number of aromatic hydroxyl groups is 1. The first-order chi connectivity index (χ1) is 13.6. The minimum absolute atomic E-state index is 0.0216. The lowest BCUT2D eigenvalue weighted by atomic mass is 10.1. The average Bonchev–Trinajstić information content (AvgIpc) is 2.68. The molecule has 5 heteroatoms. The van der Waals surface area contributed by atoms with Crippen LogP contribution in [-0.4, -0.2) is 23.5 Å². The molecule has 1 aromatic carbocycles. The van der Waals surface area contributed by atoms with Gasteiger partial charge in [0.15, 0.2) is 0 Å². The van der Waals surface area contributed by atoms with Gasteiger partial charge >= 0.3 is 0 Å². The van der Waals surface area contributed by atoms with Crippen LogP contribution in [0.2, 0.25) is 0 Å². The van der Waals surface area contributed by atoms with Crippen molar-refractivity contribution in [3.05, 3.63) is 24.3 Å². The molecular formula is C23H38N2O3. The van der Waals surface area contributed by atoms with Crippen molar-refractivity contribution in [2.75, 3.05) is 11.9 Å². The summed E-state index contributed by atoms with van der Waals surface area (Å²) in [6, 6.07) is 6.31. The number of unbranched alkanes of at least 4 members (excludes halogenated alkanes) is 10. The molecule has 0 saturated carbocycles. The predicted molar refractivity (Wildman–Crippen MR) is 115 cm³/mol. The Bertz CT molecular complexity index is 543. The van der Waals surface area contributed by atoms with Gasteiger partial charge in [-0.25, -0.2) is 0 Å². The quantitative estimate of drug-likeness (QED) is 0.256. The molecule has 0 bridgehead atoms. The zero-order valence-corrected chi connectivity index (χ0v) is 17.5. The maximum absolute atomic E-state index is 11.8. The molecule has 1 aromatic rings. The highest BCUT2D eigenvalue weighted by Crippen LogP contribution is 2.14. The molecule has 0 aliphatic rings. The smallest absolute Gasteiger partial charge is 0.226 e. The normalized spacial score (nSPS) is 10.6. The maximum Gasteiger partial charge on any atom is 0.226 e. The molecule has 2 amide bonds. The van der Waals surface area contributed by atoms with E-state index in [0.29, 0.717) is 18.7 Å². The standard InChI is InChI=1S/C23H38N2O3/c1-2-3-4-5-6-7-8-9-10-11-12-13-22(27)24-19-18-23(28)25-20-14-16-21(26)17-15-20/h14-17,26H,2-13,18-19H2,1H3,(H,24,27)(H,25,28). The monoisotopic (exact) mass is 390 g/mol. The zero-order chi connectivity index (χ0) is 20.5. The van der Waals surface area contributed by atoms with E-state index in [1.165, 1.54) is 69.9 Å². The first kappa shape index (κ1) is 24.0. The summed E-state index contributed by atoms with van der Waals surface area (Å²) < 4.78 is 0. The topological polar surface area (TPSA) is 78.4 Å². The second-order valence-electron chi connectivity index (χ2n) is 7.48. The summed E-state index contributed by atoms with van der Waals surface area (Å²) in [6.45, 7) is 2.59. The second kappa shape index (κ2) is 16.0. The van der Waals surface area contributed by atoms with E-state index in [1.54, 1.807) is 12.1 Å². The number of carbonyl (C=O) groups excluding carboxylic acids is 2. The van der Waals surface area contributed by atoms with Crippen molar-refractivity contribution in [2.45, 2.75) is 90.4 Å². The summed E-state index contributed by atoms with van der Waals surface area (Å²) in [5.41, 5.74) is 0.634. The number of amides is 2. The van der Waals surface area contributed by atoms with E-state index >= 15 is 0 Å². The zero-order valence-electron chi connectivity index (χ0n) is 17.5. The number of hydrogen-bond donors (Lipinski definition) is 3. The molecule has 158 valence electrons. The number of hydrogen-bond acceptors (Lipinski definition) is 3. The first-order valence-corrected chi connectivity index (χ1v) is 11.0. The van der Waals surface area contributed by atoms with E-state index in [2.05, 4.69) is 17.6 Å². The van der Waals surface area contributed by atoms with E-state index in [0.717, 1.165) is 12.8 Å². The summed E-state index contributed by atoms with van der Waals surface area (Å²) in [6.07, 6.45) is 14.7. The second-order valence-corrected chi connectivity index (χ2v) is 7.48. The SMILES string of the molecule is CCCCCCCCCCCCCC(=O)NCCC(=O)Nc1ccc(O)cc1. The van der Waals surface area contributed by atoms with Crippen LogP contribution in [0.3, 0.4) is 0 Å². The third kappa shape index (κ3) is 13.2. The van der Waals surface area contributed by atoms with Gasteiger partial charge in [0.1, 0.15) is 5.75 Å². The Morgan fingerprint density at radius 2 is 1.29 bits per heavy atom. The molecule has 0 fully saturated rings. The first-order valence-electron chi connectivity index (χ1n) is 11.0. The van der Waals surface area contributed by atoms with E-state index < -0.39 is 0 Å². The molecule has 3 N–H and O–H groups in total. The molecule has 0 saturated heterocycles. The molecule has 28 heavy (non-hydrogen) atoms. The van der Waals surface area contributed by atoms with Gasteiger partial charge in [-0.1, -0.05) is 71.1 Å². The lowest BCUT2D eigenvalue weighted by Gasteiger charge is -2.07. The van der Waals surface area contributed by atoms with Gasteiger partial charge in [-0.05, 0) is 30.7 Å². The number of phenols is 1. The third-order valence-electron chi connectivity index (χ3n) is 4.83. The van der Waals surface area contributed by atoms with Crippen molar-refractivity contribution < 1.29 is 14.7 Å². The Hall–Kier alpha value is -2.04. The van der Waals surface area contributed by atoms with Gasteiger partial charge in [-0.3, -0.25) is 9.59 Å². The van der Waals surface area contributed by atoms with E-state index in [4.69, 9.17) is 0 Å². The minimum atomic E-state index is -0.152. The van der Waals surface area contributed by atoms with Crippen LogP contribution < -0.4 is 10.6 Å². The maximum atomic E-state index is 11.8. The number of carbonyl (C=O) groups is 2. The molecule has 1 rings (SSSR count). The van der Waals surface area contributed by atoms with Crippen molar-refractivity contribution in [2.24, 2.45) is 0 Å². The van der Waals surface area contributed by atoms with Crippen LogP contribution in [-0.2, 0) is 9.59 Å². The van der Waals surface area contributed by atoms with E-state index in [-0.39, 0.29) is 24.0 Å². The molecule has 0 atom stereocenters. The predicted octanol–water partition coefficient (Wildman–Crippen LogP) is 5.54. The van der Waals surface area contributed by atoms with Gasteiger partial charge < -0.3 is 15.7 Å². The van der Waals surface area contributed by atoms with Crippen LogP contribution in [0.4, 0.5) is 5.69 Å². The van der Waals surface area contributed by atoms with Gasteiger partial charge in [0.2, 0.25) is 11.8 Å². The van der Waals surface area contributed by atoms with Crippen LogP contribution >= 0.6 is 0 Å². The molecule has 0 aliphatic carbocycles. The van der Waals surface area contributed by atoms with Crippen molar-refractivity contribution in [1.82, 2.24) is 5.32 Å². The lowest BCUT2D eigenvalue weighted by molar-refractivity contribution is -0.121. The van der Waals surface area contributed by atoms with Crippen molar-refractivity contribution in [1.29, 1.82) is 0 Å². The summed E-state index contributed by atoms with van der Waals surface area (Å²) in [4.78, 5) is 23.6. The number of rotatable bonds is 16. The molecule has 0 unspecified atom stereocenters. The number of nitrogens with one attached hydrogen (secondary N) is 2. The third-order valence-corrected chi connectivity index (χ3v) is 4.83. The molecule has 5 nitrogen and oxygen atoms in total. The van der Waals surface area contributed by atoms with Crippen molar-refractivity contribution in [3.8, 4) is 5.75 Å². The van der Waals surface area contributed by atoms with Crippen LogP contribution in [0.1, 0.15) is 90.4 Å². The Morgan fingerprint density at radius 1 is 0.750 bits per heavy atom. The highest BCUT2D eigenvalue weighted by atomic mass is 16.3. The molecule has 0 heterocycles. The molecule has 0 spiro atoms. The van der Waals surface area contributed by atoms with Crippen molar-refractivity contribution >= 4 is 17.5 Å². The van der Waals surface area contributed by atoms with Gasteiger partial charge in [0.05, 0.1) is 0 Å². The van der Waals surface area contributed by atoms with E-state index in [1.807, 2.05) is 0 Å². The summed E-state index contributed by atoms with van der Waals surface area (Å²) >= 11 is 0. The summed E-state index contributed by atoms with van der Waals surface area (Å²) in [5.74, 6) is 0.0294. The summed E-state index contributed by atoms with van der Waals surface area (Å²) in [5, 5.41) is 14.7. The Labute approximate surface area is 170 Å². The lowest BCUT2D eigenvalue weighted by Crippen LogP contribution is -2.27. The Morgan fingerprint density at radius 3 is 1.86 bits per heavy atom. The van der Waals surface area contributed by atoms with Crippen molar-refractivity contribution in [3.63, 3.8) is 0 Å². The van der Waals surface area contributed by atoms with Gasteiger partial charge in [0.25, 0.3) is 0 Å². The highest BCUT2D eigenvalue weighted by Gasteiger charge is 2.05. The largest absolute Gasteiger partial charge is 0.508 e. The number of benzene rings is 1. The summed E-state index contributed by atoms with van der Waals surface area (Å²) in [7, 11) is 0. The minimum Gasteiger partial charge on any atom is -0.508 e. The van der Waals surface area contributed by atoms with Crippen LogP contribution in [0.5, 0.6) is 5.75 Å². The van der Waals surface area contributed by atoms with Gasteiger partial charge in [0, 0.05) is 25.1 Å². The molecule has 0 aromatic heterocycles. The molecular weight excluding hydrogens is 352 g/mol. The molecule has 0 aliphatic heterocycles. The Kier molecular flexibility index (Phi) is 13.7. The fourth-order valence-corrected chi connectivity index (χ4v) is 3.12. The van der Waals surface area contributed by atoms with Gasteiger partial charge in [-0.2, -0.15) is 0 Å². The van der Waals surface area contributed by atoms with E-state index in [9.17, 15) is 14.7 Å². The van der Waals surface area contributed by atoms with Crippen LogP contribution in [0.15, 0.2) is 24.3 Å². The number of phenolic OH excluding ortho intramolecular Hbond substituents is 1. The van der Waals surface area contributed by atoms with Crippen LogP contribution in [0, 0.1) is 0 Å². The fraction of sp³-hybridized carbons (Fsp3) is 0.652. The Balaban J connectivity index is 1.91. The molecule has 0 radical (unpaired) electrons. The highest BCUT2D eigenvalue weighted by molar-refractivity contribution is 5.91.